The van der Waals surface area contributed by atoms with Crippen molar-refractivity contribution in [2.24, 2.45) is 0 Å². The zero-order valence-electron chi connectivity index (χ0n) is 42.3. The zero-order valence-corrected chi connectivity index (χ0v) is 43.9. The van der Waals surface area contributed by atoms with Crippen LogP contribution in [0.15, 0.2) is 83.3 Å². The van der Waals surface area contributed by atoms with Crippen LogP contribution in [0.3, 0.4) is 0 Å². The Morgan fingerprint density at radius 1 is 0.740 bits per heavy atom. The molecule has 0 radical (unpaired) electrons. The number of halogens is 1. The van der Waals surface area contributed by atoms with Gasteiger partial charge in [0, 0.05) is 97.1 Å². The lowest BCUT2D eigenvalue weighted by atomic mass is 9.88. The van der Waals surface area contributed by atoms with Crippen LogP contribution < -0.4 is 20.1 Å². The molecule has 2 saturated heterocycles. The van der Waals surface area contributed by atoms with Crippen molar-refractivity contribution < 1.29 is 46.4 Å². The van der Waals surface area contributed by atoms with Crippen LogP contribution in [-0.2, 0) is 26.0 Å². The van der Waals surface area contributed by atoms with Gasteiger partial charge in [0.05, 0.1) is 50.3 Å². The second kappa shape index (κ2) is 27.9. The van der Waals surface area contributed by atoms with Crippen molar-refractivity contribution in [3.05, 3.63) is 106 Å². The van der Waals surface area contributed by atoms with Crippen LogP contribution in [0.4, 0.5) is 5.69 Å². The van der Waals surface area contributed by atoms with E-state index in [4.69, 9.17) is 30.0 Å². The number of nitrogens with zero attached hydrogens (tertiary/aromatic N) is 4. The first kappa shape index (κ1) is 55.5. The molecule has 3 heterocycles. The number of carbonyl (C=O) groups is 3. The van der Waals surface area contributed by atoms with E-state index in [2.05, 4.69) is 43.6 Å². The summed E-state index contributed by atoms with van der Waals surface area (Å²) in [4.78, 5) is 47.0. The van der Waals surface area contributed by atoms with Gasteiger partial charge in [-0.2, -0.15) is 8.42 Å². The summed E-state index contributed by atoms with van der Waals surface area (Å²) in [7, 11) is -3.97. The molecule has 3 aromatic carbocycles. The quantitative estimate of drug-likeness (QED) is 0.0110. The number of aromatic carboxylic acids is 1. The number of aryl methyl sites for hydroxylation is 1. The Morgan fingerprint density at radius 3 is 2.18 bits per heavy atom. The maximum absolute atomic E-state index is 14.0. The van der Waals surface area contributed by atoms with Gasteiger partial charge in [-0.1, -0.05) is 44.4 Å². The number of hydrogen-bond acceptors (Lipinski definition) is 11. The summed E-state index contributed by atoms with van der Waals surface area (Å²) in [6.45, 7) is 13.2. The lowest BCUT2D eigenvalue weighted by molar-refractivity contribution is 0.0468. The summed E-state index contributed by atoms with van der Waals surface area (Å²) in [6.07, 6.45) is 8.27. The molecule has 0 aromatic heterocycles. The van der Waals surface area contributed by atoms with Gasteiger partial charge in [0.25, 0.3) is 16.0 Å². The lowest BCUT2D eigenvalue weighted by Gasteiger charge is -2.36. The fourth-order valence-corrected chi connectivity index (χ4v) is 10.4. The van der Waals surface area contributed by atoms with Gasteiger partial charge in [-0.05, 0) is 105 Å². The third-order valence-electron chi connectivity index (χ3n) is 13.9. The van der Waals surface area contributed by atoms with E-state index in [0.717, 1.165) is 125 Å². The van der Waals surface area contributed by atoms with E-state index in [9.17, 15) is 27.9 Å². The van der Waals surface area contributed by atoms with Crippen LogP contribution in [0.25, 0.3) is 33.4 Å². The summed E-state index contributed by atoms with van der Waals surface area (Å²) >= 11 is 5.72. The molecule has 3 aliphatic heterocycles. The van der Waals surface area contributed by atoms with Crippen molar-refractivity contribution in [3.8, 4) is 22.5 Å². The fraction of sp³-hybridized carbons (Fsp3) is 0.500. The molecule has 15 nitrogen and oxygen atoms in total. The minimum absolute atomic E-state index is 0.0731. The summed E-state index contributed by atoms with van der Waals surface area (Å²) in [5.74, 6) is -0.383. The summed E-state index contributed by atoms with van der Waals surface area (Å²) in [5, 5.41) is 15.3. The Labute approximate surface area is 435 Å². The number of Topliss-reactive ketones (excluding diaryl/α,β-unsaturated/α-hetero) is 1. The minimum atomic E-state index is -3.97. The lowest BCUT2D eigenvalue weighted by Crippen LogP contribution is -2.48. The SMILES string of the molecule is CCCCN1CC[N+](=c2ccc3c(-c4cc(C(=O)CCc5ccc(C(=O)NCCOCCOCCCCCCCl)cc5)ccc4C(=O)O)c4ccc(N5CCN(CCCCS(=O)(=O)O)CC5)cc4oc-3c2)CC1. The molecule has 7 rings (SSSR count). The zero-order chi connectivity index (χ0) is 51.6. The average molecular weight is 1040 g/mol. The molecule has 0 saturated carbocycles. The van der Waals surface area contributed by atoms with Crippen LogP contribution in [0.1, 0.15) is 101 Å². The monoisotopic (exact) mass is 1040 g/mol. The smallest absolute Gasteiger partial charge is 0.336 e. The van der Waals surface area contributed by atoms with E-state index in [1.165, 1.54) is 12.5 Å². The van der Waals surface area contributed by atoms with Crippen molar-refractivity contribution in [1.82, 2.24) is 19.7 Å². The number of ketones is 1. The van der Waals surface area contributed by atoms with E-state index in [1.54, 1.807) is 24.3 Å². The molecule has 73 heavy (non-hydrogen) atoms. The van der Waals surface area contributed by atoms with Gasteiger partial charge in [0.2, 0.25) is 5.36 Å². The number of carboxylic acids is 1. The summed E-state index contributed by atoms with van der Waals surface area (Å²) < 4.78 is 51.9. The number of fused-ring (bicyclic) bond motifs is 2. The molecular formula is C56H73ClN5O10S+. The number of anilines is 1. The molecule has 4 aliphatic rings. The van der Waals surface area contributed by atoms with Gasteiger partial charge >= 0.3 is 5.97 Å². The van der Waals surface area contributed by atoms with E-state index in [1.807, 2.05) is 36.4 Å². The third kappa shape index (κ3) is 16.4. The predicted molar refractivity (Wildman–Crippen MR) is 288 cm³/mol. The number of carboxylic acid groups (broad SMARTS) is 1. The molecular weight excluding hydrogens is 970 g/mol. The number of rotatable bonds is 28. The standard InChI is InChI=1S/C56H72ClN5O10S/c1-2-3-24-59-26-30-61(31-27-59)45-16-19-48-52(40-45)72-53-41-46(62-32-28-60(29-33-62)25-7-9-38-73(67,68)69)17-20-49(53)54(48)50-39-44(15-18-47(50)56(65)66)51(63)21-12-42-10-13-43(14-11-42)55(64)58-23-35-71-37-36-70-34-8-5-4-6-22-57/h10-11,13-20,39-41H,2-9,12,21-38H2,1H3,(H2-,58,64,65,66,67,68,69)/p+1. The third-order valence-corrected chi connectivity index (χ3v) is 15.0. The van der Waals surface area contributed by atoms with Gasteiger partial charge in [-0.3, -0.25) is 23.9 Å². The molecule has 17 heteroatoms. The highest BCUT2D eigenvalue weighted by Gasteiger charge is 2.26. The van der Waals surface area contributed by atoms with Crippen molar-refractivity contribution in [3.63, 3.8) is 0 Å². The number of piperazine rings is 2. The number of amides is 1. The van der Waals surface area contributed by atoms with E-state index in [-0.39, 0.29) is 29.4 Å². The molecule has 0 atom stereocenters. The number of benzene rings is 4. The number of unbranched alkanes of at least 4 members (excludes halogenated alkanes) is 5. The van der Waals surface area contributed by atoms with Gasteiger partial charge in [-0.15, -0.1) is 11.6 Å². The molecule has 0 spiro atoms. The van der Waals surface area contributed by atoms with Crippen LogP contribution in [0.5, 0.6) is 0 Å². The second-order valence-corrected chi connectivity index (χ2v) is 21.1. The highest BCUT2D eigenvalue weighted by Crippen LogP contribution is 2.42. The largest absolute Gasteiger partial charge is 0.478 e. The van der Waals surface area contributed by atoms with Crippen LogP contribution in [0, 0.1) is 0 Å². The van der Waals surface area contributed by atoms with Crippen molar-refractivity contribution in [2.45, 2.75) is 71.1 Å². The normalized spacial score (nSPS) is 14.8. The van der Waals surface area contributed by atoms with Gasteiger partial charge in [-0.25, -0.2) is 9.37 Å². The van der Waals surface area contributed by atoms with Gasteiger partial charge < -0.3 is 29.2 Å². The average Bonchev–Trinajstić information content (AvgIpc) is 3.40. The molecule has 3 aromatic rings. The van der Waals surface area contributed by atoms with Crippen molar-refractivity contribution in [2.75, 3.05) is 115 Å². The van der Waals surface area contributed by atoms with Crippen LogP contribution in [0.2, 0.25) is 0 Å². The molecule has 0 bridgehead atoms. The predicted octanol–water partition coefficient (Wildman–Crippen LogP) is 7.96. The highest BCUT2D eigenvalue weighted by atomic mass is 35.5. The number of hydrogen-bond donors (Lipinski definition) is 3. The number of ether oxygens (including phenoxy) is 2. The first-order valence-corrected chi connectivity index (χ1v) is 28.3. The Balaban J connectivity index is 1.06. The highest BCUT2D eigenvalue weighted by molar-refractivity contribution is 7.85. The minimum Gasteiger partial charge on any atom is -0.478 e. The maximum Gasteiger partial charge on any atom is 0.336 e. The van der Waals surface area contributed by atoms with Crippen LogP contribution >= 0.6 is 11.6 Å². The Kier molecular flexibility index (Phi) is 21.2. The van der Waals surface area contributed by atoms with Crippen molar-refractivity contribution >= 4 is 56.0 Å². The molecule has 1 aliphatic carbocycles. The first-order valence-electron chi connectivity index (χ1n) is 26.1. The second-order valence-electron chi connectivity index (χ2n) is 19.1. The fourth-order valence-electron chi connectivity index (χ4n) is 9.66. The number of carbonyl (C=O) groups excluding carboxylic acids is 2. The van der Waals surface area contributed by atoms with E-state index < -0.39 is 16.1 Å². The van der Waals surface area contributed by atoms with Crippen LogP contribution in [-0.4, -0.2) is 156 Å². The molecule has 1 amide bonds. The number of nitrogens with one attached hydrogen (secondary N) is 1. The van der Waals surface area contributed by atoms with E-state index >= 15 is 0 Å². The summed E-state index contributed by atoms with van der Waals surface area (Å²) in [5.41, 5.74) is 5.26. The van der Waals surface area contributed by atoms with Gasteiger partial charge in [0.1, 0.15) is 11.3 Å². The molecule has 3 N–H and O–H groups in total. The van der Waals surface area contributed by atoms with Crippen molar-refractivity contribution in [1.29, 1.82) is 0 Å². The Morgan fingerprint density at radius 2 is 1.45 bits per heavy atom. The topological polar surface area (TPSA) is 182 Å². The van der Waals surface area contributed by atoms with E-state index in [0.29, 0.717) is 91.7 Å². The number of alkyl halides is 1. The Bertz CT molecular complexity index is 2770. The molecule has 394 valence electrons. The Hall–Kier alpha value is -5.20. The maximum atomic E-state index is 14.0. The molecule has 2 fully saturated rings. The first-order chi connectivity index (χ1) is 35.4. The molecule has 0 unspecified atom stereocenters. The summed E-state index contributed by atoms with van der Waals surface area (Å²) in [6, 6.07) is 24.2. The van der Waals surface area contributed by atoms with Gasteiger partial charge in [0.15, 0.2) is 18.9 Å².